The second kappa shape index (κ2) is 23.3. The number of methoxy groups -OCH3 is 2. The van der Waals surface area contributed by atoms with Gasteiger partial charge in [-0.1, -0.05) is 52.8 Å². The van der Waals surface area contributed by atoms with Crippen LogP contribution in [0.15, 0.2) is 76.3 Å². The number of thioether (sulfide) groups is 1. The first-order valence-electron chi connectivity index (χ1n) is 23.5. The summed E-state index contributed by atoms with van der Waals surface area (Å²) in [4.78, 5) is 106. The number of ether oxygens (including phenoxy) is 5. The van der Waals surface area contributed by atoms with Crippen molar-refractivity contribution in [3.63, 3.8) is 0 Å². The Balaban J connectivity index is 0.987. The van der Waals surface area contributed by atoms with Crippen molar-refractivity contribution < 1.29 is 66.7 Å². The Kier molecular flexibility index (Phi) is 17.3. The van der Waals surface area contributed by atoms with Crippen LogP contribution in [0.4, 0.5) is 4.79 Å². The lowest BCUT2D eigenvalue weighted by Crippen LogP contribution is -2.59. The fraction of sp³-hybridized carbons (Fsp3) is 0.412. The minimum atomic E-state index is -1.81. The van der Waals surface area contributed by atoms with Gasteiger partial charge < -0.3 is 38.1 Å². The van der Waals surface area contributed by atoms with E-state index in [4.69, 9.17) is 52.8 Å². The average Bonchev–Trinajstić information content (AvgIpc) is 4.10. The first-order chi connectivity index (χ1) is 35.6. The number of Topliss-reactive ketones (excluding diaryl/α,β-unsaturated/α-hetero) is 3. The number of nitrogens with zero attached hydrogens (tertiary/aromatic N) is 6. The maximum Gasteiger partial charge on any atom is 0.378 e. The Morgan fingerprint density at radius 1 is 0.893 bits per heavy atom. The second-order valence-corrected chi connectivity index (χ2v) is 21.7. The highest BCUT2D eigenvalue weighted by Gasteiger charge is 2.66. The van der Waals surface area contributed by atoms with Gasteiger partial charge >= 0.3 is 26.0 Å². The number of aromatic nitrogens is 1. The van der Waals surface area contributed by atoms with Crippen molar-refractivity contribution in [1.29, 1.82) is 0 Å². The van der Waals surface area contributed by atoms with Crippen molar-refractivity contribution in [2.24, 2.45) is 16.2 Å². The van der Waals surface area contributed by atoms with E-state index in [1.54, 1.807) is 83.7 Å². The molecule has 0 spiro atoms. The largest absolute Gasteiger partial charge is 0.541 e. The summed E-state index contributed by atoms with van der Waals surface area (Å²) >= 11 is 9.01. The molecule has 0 unspecified atom stereocenters. The number of fused-ring (bicyclic) bond motifs is 1. The van der Waals surface area contributed by atoms with Gasteiger partial charge in [0.25, 0.3) is 0 Å². The summed E-state index contributed by atoms with van der Waals surface area (Å²) in [6, 6.07) is 16.6. The first kappa shape index (κ1) is 55.8. The third kappa shape index (κ3) is 12.6. The molecule has 3 aromatic carbocycles. The minimum Gasteiger partial charge on any atom is -0.541 e. The summed E-state index contributed by atoms with van der Waals surface area (Å²) in [5.74, 6) is -3.84. The molecule has 4 aromatic rings. The summed E-state index contributed by atoms with van der Waals surface area (Å²) in [7, 11) is 8.55. The van der Waals surface area contributed by atoms with Gasteiger partial charge in [-0.15, -0.1) is 11.3 Å². The summed E-state index contributed by atoms with van der Waals surface area (Å²) in [6.45, 7) is 9.53. The van der Waals surface area contributed by atoms with E-state index in [0.717, 1.165) is 27.9 Å². The topological polar surface area (TPSA) is 231 Å². The van der Waals surface area contributed by atoms with Crippen LogP contribution in [-0.4, -0.2) is 136 Å². The number of benzene rings is 3. The molecule has 4 heterocycles. The number of urea groups is 1. The van der Waals surface area contributed by atoms with Gasteiger partial charge in [0.05, 0.1) is 48.6 Å². The number of esters is 1. The van der Waals surface area contributed by atoms with Crippen molar-refractivity contribution in [2.45, 2.75) is 95.5 Å². The lowest BCUT2D eigenvalue weighted by Gasteiger charge is -2.40. The number of hydrogen-bond donors (Lipinski definition) is 0. The van der Waals surface area contributed by atoms with Crippen LogP contribution >= 0.6 is 34.7 Å². The molecule has 20 nitrogen and oxygen atoms in total. The molecule has 0 N–H and O–H groups in total. The number of thiazole rings is 1. The van der Waals surface area contributed by atoms with Gasteiger partial charge in [-0.05, 0) is 95.5 Å². The van der Waals surface area contributed by atoms with Crippen molar-refractivity contribution in [3.8, 4) is 23.0 Å². The lowest BCUT2D eigenvalue weighted by molar-refractivity contribution is -0.179. The number of rotatable bonds is 23. The standard InChI is InChI=1S/C51H54BClN6O14S2/c1-29-55-36(27-74-29)41(56-73-50(5,6)46(64)71-49(2,3)4)38(61)24-35-44(63)57-28-51(47(65)72-52,75-45(35)57)58-22-23-59(48(58)66)54-21-9-10-37(60)42(62)34-19-20-39(69-25-30-11-15-32(67-7)16-12-30)43(40(34)53)70-26-31-13-17-33(68-8)18-14-31/h11-21,27,35,45H,9-10,22-26,28H2,1-8H3/b54-21+,56-41-/t35-,45-,51-/m1/s1. The maximum atomic E-state index is 14.0. The maximum absolute atomic E-state index is 14.0. The van der Waals surface area contributed by atoms with E-state index in [2.05, 4.69) is 15.2 Å². The van der Waals surface area contributed by atoms with Gasteiger partial charge in [0.1, 0.15) is 36.0 Å². The van der Waals surface area contributed by atoms with Crippen molar-refractivity contribution in [1.82, 2.24) is 19.8 Å². The number of hydrazone groups is 1. The van der Waals surface area contributed by atoms with E-state index >= 15 is 0 Å². The highest BCUT2D eigenvalue weighted by molar-refractivity contribution is 8.02. The van der Waals surface area contributed by atoms with Gasteiger partial charge in [-0.2, -0.15) is 5.10 Å². The molecule has 3 amide bonds. The van der Waals surface area contributed by atoms with E-state index < -0.39 is 68.6 Å². The van der Waals surface area contributed by atoms with Crippen LogP contribution in [0.25, 0.3) is 0 Å². The van der Waals surface area contributed by atoms with Crippen LogP contribution in [0.5, 0.6) is 23.0 Å². The first-order valence-corrected chi connectivity index (χ1v) is 25.6. The van der Waals surface area contributed by atoms with Crippen LogP contribution in [0.1, 0.15) is 86.1 Å². The zero-order valence-corrected chi connectivity index (χ0v) is 44.8. The van der Waals surface area contributed by atoms with Crippen LogP contribution in [0.2, 0.25) is 5.02 Å². The molecule has 75 heavy (non-hydrogen) atoms. The third-order valence-corrected chi connectivity index (χ3v) is 14.8. The second-order valence-electron chi connectivity index (χ2n) is 18.9. The molecular formula is C51H54BClN6O14S2. The normalized spacial score (nSPS) is 18.6. The molecule has 3 aliphatic heterocycles. The van der Waals surface area contributed by atoms with E-state index in [-0.39, 0.29) is 85.6 Å². The predicted octanol–water partition coefficient (Wildman–Crippen LogP) is 6.89. The zero-order valence-electron chi connectivity index (χ0n) is 42.4. The molecule has 24 heteroatoms. The van der Waals surface area contributed by atoms with Crippen LogP contribution in [0, 0.1) is 12.8 Å². The van der Waals surface area contributed by atoms with Gasteiger partial charge in [0.2, 0.25) is 27.9 Å². The monoisotopic (exact) mass is 1080 g/mol. The summed E-state index contributed by atoms with van der Waals surface area (Å²) in [5.41, 5.74) is -1.00. The Morgan fingerprint density at radius 3 is 2.12 bits per heavy atom. The molecule has 0 saturated carbocycles. The van der Waals surface area contributed by atoms with Gasteiger partial charge in [0, 0.05) is 36.5 Å². The Bertz CT molecular complexity index is 2910. The number of halogens is 1. The minimum absolute atomic E-state index is 0.00276. The average molecular weight is 1090 g/mol. The van der Waals surface area contributed by atoms with E-state index in [9.17, 15) is 33.6 Å². The fourth-order valence-corrected chi connectivity index (χ4v) is 10.6. The van der Waals surface area contributed by atoms with E-state index in [1.807, 2.05) is 12.1 Å². The molecular weight excluding hydrogens is 1030 g/mol. The Morgan fingerprint density at radius 2 is 1.53 bits per heavy atom. The molecule has 3 fully saturated rings. The third-order valence-electron chi connectivity index (χ3n) is 12.0. The smallest absolute Gasteiger partial charge is 0.378 e. The summed E-state index contributed by atoms with van der Waals surface area (Å²) in [6.07, 6.45) is 0.552. The Labute approximate surface area is 447 Å². The SMILES string of the molecule is [B]OC(=O)[C@@]1(N2CCN(/N=C/CCC(=O)C(=O)c3ccc(OCc4ccc(OC)cc4)c(OCc4ccc(OC)cc4)c3Cl)C2=O)CN2C(=O)[C@@H](CC(=O)/C(=N\OC(C)(C)C(=O)OC(C)(C)C)c3csc(C)n3)[C@H]2S1. The number of carbonyl (C=O) groups excluding carboxylic acids is 7. The molecule has 3 atom stereocenters. The molecule has 3 aliphatic rings. The van der Waals surface area contributed by atoms with Gasteiger partial charge in [-0.3, -0.25) is 28.9 Å². The van der Waals surface area contributed by atoms with Gasteiger partial charge in [-0.25, -0.2) is 19.6 Å². The molecule has 3 saturated heterocycles. The molecule has 394 valence electrons. The molecule has 2 radical (unpaired) electrons. The lowest BCUT2D eigenvalue weighted by atomic mass is 9.90. The van der Waals surface area contributed by atoms with Gasteiger partial charge in [0.15, 0.2) is 23.0 Å². The number of aryl methyl sites for hydroxylation is 1. The van der Waals surface area contributed by atoms with Crippen molar-refractivity contribution in [3.05, 3.63) is 98.5 Å². The van der Waals surface area contributed by atoms with Crippen LogP contribution in [0.3, 0.4) is 0 Å². The van der Waals surface area contributed by atoms with Crippen LogP contribution in [-0.2, 0) is 51.4 Å². The van der Waals surface area contributed by atoms with E-state index in [0.29, 0.717) is 16.5 Å². The molecule has 0 bridgehead atoms. The van der Waals surface area contributed by atoms with E-state index in [1.165, 1.54) is 53.3 Å². The number of β-lactam (4-membered cyclic amide) rings is 1. The summed E-state index contributed by atoms with van der Waals surface area (Å²) < 4.78 is 32.9. The highest BCUT2D eigenvalue weighted by Crippen LogP contribution is 2.53. The zero-order chi connectivity index (χ0) is 54.4. The highest BCUT2D eigenvalue weighted by atomic mass is 35.5. The van der Waals surface area contributed by atoms with Crippen molar-refractivity contribution >= 4 is 95.9 Å². The summed E-state index contributed by atoms with van der Waals surface area (Å²) in [5, 5.41) is 10.7. The molecule has 0 aliphatic carbocycles. The molecule has 7 rings (SSSR count). The number of amides is 3. The van der Waals surface area contributed by atoms with Crippen LogP contribution < -0.4 is 18.9 Å². The number of oxime groups is 1. The quantitative estimate of drug-likeness (QED) is 0.0140. The fourth-order valence-electron chi connectivity index (χ4n) is 7.94. The number of carbonyl (C=O) groups is 7. The Hall–Kier alpha value is -6.98. The number of hydrogen-bond acceptors (Lipinski definition) is 19. The molecule has 1 aromatic heterocycles. The van der Waals surface area contributed by atoms with Crippen molar-refractivity contribution in [2.75, 3.05) is 33.9 Å². The number of ketones is 3. The predicted molar refractivity (Wildman–Crippen MR) is 277 cm³/mol.